The zero-order chi connectivity index (χ0) is 15.0. The number of aryl methyl sites for hydroxylation is 1. The van der Waals surface area contributed by atoms with Crippen LogP contribution in [0.1, 0.15) is 5.56 Å². The van der Waals surface area contributed by atoms with Crippen molar-refractivity contribution in [2.75, 3.05) is 11.5 Å². The van der Waals surface area contributed by atoms with Crippen LogP contribution in [0.2, 0.25) is 0 Å². The Labute approximate surface area is 129 Å². The quantitative estimate of drug-likeness (QED) is 0.696. The number of aromatic nitrogens is 4. The SMILES string of the molecule is Cc1cc(-n2nnnc2-c2cc(N)cc(N)c2)ccc1Br. The molecule has 4 N–H and O–H groups in total. The van der Waals surface area contributed by atoms with Crippen molar-refractivity contribution in [3.63, 3.8) is 0 Å². The fourth-order valence-electron chi connectivity index (χ4n) is 2.11. The Balaban J connectivity index is 2.14. The van der Waals surface area contributed by atoms with E-state index in [0.29, 0.717) is 17.2 Å². The fraction of sp³-hybridized carbons (Fsp3) is 0.0714. The standard InChI is InChI=1S/C14H13BrN6/c1-8-4-12(2-3-13(8)15)21-14(18-19-20-21)9-5-10(16)7-11(17)6-9/h2-7H,16-17H2,1H3. The van der Waals surface area contributed by atoms with Crippen LogP contribution in [0.15, 0.2) is 40.9 Å². The average Bonchev–Trinajstić information content (AvgIpc) is 2.90. The molecule has 21 heavy (non-hydrogen) atoms. The molecule has 0 aliphatic carbocycles. The molecular formula is C14H13BrN6. The Kier molecular flexibility index (Phi) is 3.34. The molecule has 1 aromatic heterocycles. The Morgan fingerprint density at radius 1 is 1.05 bits per heavy atom. The molecule has 0 radical (unpaired) electrons. The molecule has 0 aliphatic heterocycles. The van der Waals surface area contributed by atoms with Crippen LogP contribution in [0, 0.1) is 6.92 Å². The molecule has 0 saturated heterocycles. The lowest BCUT2D eigenvalue weighted by Gasteiger charge is -2.08. The van der Waals surface area contributed by atoms with Gasteiger partial charge in [0.2, 0.25) is 0 Å². The molecule has 3 aromatic rings. The molecule has 0 amide bonds. The van der Waals surface area contributed by atoms with Gasteiger partial charge < -0.3 is 11.5 Å². The third-order valence-corrected chi connectivity index (χ3v) is 3.98. The summed E-state index contributed by atoms with van der Waals surface area (Å²) in [6, 6.07) is 11.2. The van der Waals surface area contributed by atoms with E-state index in [9.17, 15) is 0 Å². The summed E-state index contributed by atoms with van der Waals surface area (Å²) in [5, 5.41) is 11.9. The number of rotatable bonds is 2. The van der Waals surface area contributed by atoms with Crippen molar-refractivity contribution in [1.29, 1.82) is 0 Å². The molecule has 106 valence electrons. The first kappa shape index (κ1) is 13.6. The van der Waals surface area contributed by atoms with Crippen molar-refractivity contribution in [2.24, 2.45) is 0 Å². The minimum absolute atomic E-state index is 0.575. The summed E-state index contributed by atoms with van der Waals surface area (Å²) < 4.78 is 2.70. The highest BCUT2D eigenvalue weighted by Crippen LogP contribution is 2.26. The monoisotopic (exact) mass is 344 g/mol. The second-order valence-electron chi connectivity index (χ2n) is 4.74. The molecule has 0 atom stereocenters. The minimum Gasteiger partial charge on any atom is -0.399 e. The summed E-state index contributed by atoms with van der Waals surface area (Å²) in [6.45, 7) is 2.01. The number of nitrogens with two attached hydrogens (primary N) is 2. The lowest BCUT2D eigenvalue weighted by Crippen LogP contribution is -2.01. The van der Waals surface area contributed by atoms with Crippen molar-refractivity contribution in [3.8, 4) is 17.1 Å². The van der Waals surface area contributed by atoms with Crippen LogP contribution in [0.5, 0.6) is 0 Å². The first-order valence-corrected chi connectivity index (χ1v) is 7.05. The Morgan fingerprint density at radius 2 is 1.76 bits per heavy atom. The maximum absolute atomic E-state index is 5.83. The molecule has 0 fully saturated rings. The third kappa shape index (κ3) is 2.59. The zero-order valence-corrected chi connectivity index (χ0v) is 12.9. The van der Waals surface area contributed by atoms with Gasteiger partial charge >= 0.3 is 0 Å². The molecule has 2 aromatic carbocycles. The second kappa shape index (κ2) is 5.17. The van der Waals surface area contributed by atoms with Gasteiger partial charge in [0.1, 0.15) is 0 Å². The van der Waals surface area contributed by atoms with Gasteiger partial charge in [0, 0.05) is 21.4 Å². The number of hydrogen-bond acceptors (Lipinski definition) is 5. The van der Waals surface area contributed by atoms with Crippen LogP contribution in [0.3, 0.4) is 0 Å². The predicted molar refractivity (Wildman–Crippen MR) is 85.9 cm³/mol. The van der Waals surface area contributed by atoms with Gasteiger partial charge in [-0.3, -0.25) is 0 Å². The van der Waals surface area contributed by atoms with Crippen molar-refractivity contribution < 1.29 is 0 Å². The Bertz CT molecular complexity index is 791. The van der Waals surface area contributed by atoms with Crippen molar-refractivity contribution >= 4 is 27.3 Å². The van der Waals surface area contributed by atoms with Gasteiger partial charge in [-0.2, -0.15) is 4.68 Å². The number of tetrazole rings is 1. The largest absolute Gasteiger partial charge is 0.399 e. The smallest absolute Gasteiger partial charge is 0.187 e. The predicted octanol–water partition coefficient (Wildman–Crippen LogP) is 2.56. The van der Waals surface area contributed by atoms with E-state index in [1.165, 1.54) is 0 Å². The Morgan fingerprint density at radius 3 is 2.43 bits per heavy atom. The van der Waals surface area contributed by atoms with E-state index in [-0.39, 0.29) is 0 Å². The van der Waals surface area contributed by atoms with Crippen molar-refractivity contribution in [1.82, 2.24) is 20.2 Å². The van der Waals surface area contributed by atoms with Crippen LogP contribution in [-0.2, 0) is 0 Å². The van der Waals surface area contributed by atoms with Crippen LogP contribution in [-0.4, -0.2) is 20.2 Å². The maximum Gasteiger partial charge on any atom is 0.187 e. The lowest BCUT2D eigenvalue weighted by atomic mass is 10.1. The number of anilines is 2. The summed E-state index contributed by atoms with van der Waals surface area (Å²) in [5.74, 6) is 0.593. The summed E-state index contributed by atoms with van der Waals surface area (Å²) in [5.41, 5.74) is 15.6. The van der Waals surface area contributed by atoms with Gasteiger partial charge in [-0.05, 0) is 59.3 Å². The fourth-order valence-corrected chi connectivity index (χ4v) is 2.35. The second-order valence-corrected chi connectivity index (χ2v) is 5.59. The normalized spacial score (nSPS) is 10.8. The van der Waals surface area contributed by atoms with Gasteiger partial charge in [0.05, 0.1) is 5.69 Å². The van der Waals surface area contributed by atoms with E-state index >= 15 is 0 Å². The Hall–Kier alpha value is -2.41. The van der Waals surface area contributed by atoms with E-state index in [0.717, 1.165) is 21.3 Å². The molecule has 0 bridgehead atoms. The lowest BCUT2D eigenvalue weighted by molar-refractivity contribution is 0.790. The highest BCUT2D eigenvalue weighted by molar-refractivity contribution is 9.10. The van der Waals surface area contributed by atoms with Crippen molar-refractivity contribution in [2.45, 2.75) is 6.92 Å². The molecule has 0 unspecified atom stereocenters. The molecule has 3 rings (SSSR count). The zero-order valence-electron chi connectivity index (χ0n) is 11.3. The first-order chi connectivity index (χ1) is 10.0. The maximum atomic E-state index is 5.83. The molecular weight excluding hydrogens is 332 g/mol. The van der Waals surface area contributed by atoms with E-state index in [1.54, 1.807) is 22.9 Å². The van der Waals surface area contributed by atoms with Gasteiger partial charge in [-0.25, -0.2) is 0 Å². The van der Waals surface area contributed by atoms with Crippen LogP contribution in [0.25, 0.3) is 17.1 Å². The molecule has 0 saturated carbocycles. The summed E-state index contributed by atoms with van der Waals surface area (Å²) in [6.07, 6.45) is 0. The molecule has 1 heterocycles. The van der Waals surface area contributed by atoms with Gasteiger partial charge in [-0.15, -0.1) is 5.10 Å². The highest BCUT2D eigenvalue weighted by Gasteiger charge is 2.12. The molecule has 0 aliphatic rings. The van der Waals surface area contributed by atoms with Crippen LogP contribution >= 0.6 is 15.9 Å². The van der Waals surface area contributed by atoms with Crippen LogP contribution < -0.4 is 11.5 Å². The van der Waals surface area contributed by atoms with E-state index in [4.69, 9.17) is 11.5 Å². The minimum atomic E-state index is 0.575. The van der Waals surface area contributed by atoms with Crippen molar-refractivity contribution in [3.05, 3.63) is 46.4 Å². The molecule has 6 nitrogen and oxygen atoms in total. The summed E-state index contributed by atoms with van der Waals surface area (Å²) in [4.78, 5) is 0. The first-order valence-electron chi connectivity index (χ1n) is 6.26. The van der Waals surface area contributed by atoms with E-state index < -0.39 is 0 Å². The van der Waals surface area contributed by atoms with Gasteiger partial charge in [-0.1, -0.05) is 15.9 Å². The topological polar surface area (TPSA) is 95.6 Å². The summed E-state index contributed by atoms with van der Waals surface area (Å²) >= 11 is 3.48. The third-order valence-electron chi connectivity index (χ3n) is 3.09. The van der Waals surface area contributed by atoms with Crippen LogP contribution in [0.4, 0.5) is 11.4 Å². The average molecular weight is 345 g/mol. The molecule has 0 spiro atoms. The number of nitrogens with zero attached hydrogens (tertiary/aromatic N) is 4. The number of nitrogen functional groups attached to an aromatic ring is 2. The summed E-state index contributed by atoms with van der Waals surface area (Å²) in [7, 11) is 0. The van der Waals surface area contributed by atoms with Gasteiger partial charge in [0.15, 0.2) is 5.82 Å². The number of hydrogen-bond donors (Lipinski definition) is 2. The van der Waals surface area contributed by atoms with Gasteiger partial charge in [0.25, 0.3) is 0 Å². The number of halogens is 1. The molecule has 7 heteroatoms. The van der Waals surface area contributed by atoms with E-state index in [1.807, 2.05) is 25.1 Å². The highest BCUT2D eigenvalue weighted by atomic mass is 79.9. The number of benzene rings is 2. The van der Waals surface area contributed by atoms with E-state index in [2.05, 4.69) is 31.5 Å².